The molecule has 1 N–H and O–H groups in total. The minimum Gasteiger partial charge on any atom is -0.482 e. The van der Waals surface area contributed by atoms with Crippen LogP contribution in [-0.4, -0.2) is 22.3 Å². The molecule has 7 nitrogen and oxygen atoms in total. The van der Waals surface area contributed by atoms with E-state index in [9.17, 15) is 9.59 Å². The van der Waals surface area contributed by atoms with Crippen LogP contribution in [0, 0.1) is 6.92 Å². The van der Waals surface area contributed by atoms with Crippen molar-refractivity contribution < 1.29 is 13.9 Å². The number of hydrogen-bond acceptors (Lipinski definition) is 5. The van der Waals surface area contributed by atoms with Gasteiger partial charge in [-0.15, -0.1) is 0 Å². The van der Waals surface area contributed by atoms with Gasteiger partial charge in [0.1, 0.15) is 17.2 Å². The first-order valence-electron chi connectivity index (χ1n) is 9.21. The number of fused-ring (bicyclic) bond motifs is 1. The second-order valence-electron chi connectivity index (χ2n) is 6.96. The van der Waals surface area contributed by atoms with E-state index in [1.165, 1.54) is 25.0 Å². The molecular formula is C20H20ClN3O4. The van der Waals surface area contributed by atoms with Gasteiger partial charge in [0.25, 0.3) is 5.91 Å². The van der Waals surface area contributed by atoms with Crippen molar-refractivity contribution in [3.05, 3.63) is 51.5 Å². The molecule has 0 radical (unpaired) electrons. The lowest BCUT2D eigenvalue weighted by atomic mass is 10.1. The number of anilines is 1. The van der Waals surface area contributed by atoms with Gasteiger partial charge in [0, 0.05) is 23.6 Å². The third-order valence-corrected chi connectivity index (χ3v) is 5.27. The number of nitrogens with one attached hydrogen (secondary N) is 1. The number of aromatic nitrogens is 2. The van der Waals surface area contributed by atoms with Gasteiger partial charge in [0.2, 0.25) is 0 Å². The lowest BCUT2D eigenvalue weighted by Gasteiger charge is -2.15. The van der Waals surface area contributed by atoms with Crippen molar-refractivity contribution in [1.82, 2.24) is 9.78 Å². The van der Waals surface area contributed by atoms with Gasteiger partial charge in [-0.3, -0.25) is 4.79 Å². The minimum absolute atomic E-state index is 0.225. The topological polar surface area (TPSA) is 86.4 Å². The van der Waals surface area contributed by atoms with Crippen molar-refractivity contribution in [2.75, 3.05) is 11.9 Å². The summed E-state index contributed by atoms with van der Waals surface area (Å²) in [4.78, 5) is 23.9. The van der Waals surface area contributed by atoms with Gasteiger partial charge in [-0.05, 0) is 31.4 Å². The van der Waals surface area contributed by atoms with Gasteiger partial charge >= 0.3 is 5.63 Å². The first kappa shape index (κ1) is 18.6. The normalized spacial score (nSPS) is 14.5. The summed E-state index contributed by atoms with van der Waals surface area (Å²) < 4.78 is 12.6. The summed E-state index contributed by atoms with van der Waals surface area (Å²) in [5.41, 5.74) is 0.679. The fourth-order valence-corrected chi connectivity index (χ4v) is 3.82. The van der Waals surface area contributed by atoms with E-state index in [2.05, 4.69) is 10.4 Å². The number of rotatable bonds is 5. The van der Waals surface area contributed by atoms with E-state index in [4.69, 9.17) is 20.8 Å². The zero-order valence-corrected chi connectivity index (χ0v) is 16.2. The van der Waals surface area contributed by atoms with Gasteiger partial charge in [-0.1, -0.05) is 24.4 Å². The molecule has 3 aromatic rings. The van der Waals surface area contributed by atoms with E-state index in [1.54, 1.807) is 25.3 Å². The van der Waals surface area contributed by atoms with Crippen molar-refractivity contribution in [2.24, 2.45) is 0 Å². The minimum atomic E-state index is -0.448. The average molecular weight is 402 g/mol. The Morgan fingerprint density at radius 1 is 1.36 bits per heavy atom. The Hall–Kier alpha value is -2.80. The maximum absolute atomic E-state index is 12.3. The second kappa shape index (κ2) is 7.67. The zero-order valence-electron chi connectivity index (χ0n) is 15.4. The molecule has 1 aliphatic rings. The summed E-state index contributed by atoms with van der Waals surface area (Å²) in [6.07, 6.45) is 6.17. The summed E-state index contributed by atoms with van der Waals surface area (Å²) in [6, 6.07) is 6.70. The number of nitrogens with zero attached hydrogens (tertiary/aromatic N) is 2. The van der Waals surface area contributed by atoms with E-state index in [0.717, 1.165) is 23.8 Å². The van der Waals surface area contributed by atoms with Gasteiger partial charge in [0.05, 0.1) is 17.3 Å². The Bertz CT molecular complexity index is 1080. The number of amides is 1. The highest BCUT2D eigenvalue weighted by Crippen LogP contribution is 2.32. The molecule has 1 fully saturated rings. The highest BCUT2D eigenvalue weighted by atomic mass is 35.5. The number of aryl methyl sites for hydroxylation is 1. The molecule has 2 aromatic heterocycles. The molecule has 1 aliphatic carbocycles. The number of carbonyl (C=O) groups is 1. The van der Waals surface area contributed by atoms with E-state index >= 15 is 0 Å². The van der Waals surface area contributed by atoms with E-state index in [1.807, 2.05) is 4.68 Å². The molecule has 4 rings (SSSR count). The summed E-state index contributed by atoms with van der Waals surface area (Å²) in [7, 11) is 0. The molecule has 1 amide bonds. The molecule has 1 saturated carbocycles. The predicted octanol–water partition coefficient (Wildman–Crippen LogP) is 4.08. The van der Waals surface area contributed by atoms with Crippen molar-refractivity contribution in [2.45, 2.75) is 38.6 Å². The van der Waals surface area contributed by atoms with Crippen molar-refractivity contribution >= 4 is 34.3 Å². The SMILES string of the molecule is Cc1cc(=O)oc2cc(OCC(=O)Nc3ccnn3C3CCCC3)c(Cl)cc12. The summed E-state index contributed by atoms with van der Waals surface area (Å²) >= 11 is 6.26. The first-order chi connectivity index (χ1) is 13.5. The third kappa shape index (κ3) is 3.75. The maximum atomic E-state index is 12.3. The van der Waals surface area contributed by atoms with Crippen LogP contribution >= 0.6 is 11.6 Å². The van der Waals surface area contributed by atoms with Crippen LogP contribution in [0.3, 0.4) is 0 Å². The number of benzene rings is 1. The lowest BCUT2D eigenvalue weighted by Crippen LogP contribution is -2.23. The molecule has 0 bridgehead atoms. The molecule has 28 heavy (non-hydrogen) atoms. The van der Waals surface area contributed by atoms with Gasteiger partial charge < -0.3 is 14.5 Å². The van der Waals surface area contributed by atoms with Crippen LogP contribution in [0.15, 0.2) is 39.7 Å². The standard InChI is InChI=1S/C20H20ClN3O4/c1-12-8-20(26)28-16-10-17(15(21)9-14(12)16)27-11-19(25)23-18-6-7-22-24(18)13-4-2-3-5-13/h6-10,13H,2-5,11H2,1H3,(H,23,25). The monoisotopic (exact) mass is 401 g/mol. The smallest absolute Gasteiger partial charge is 0.336 e. The van der Waals surface area contributed by atoms with Gasteiger partial charge in [-0.25, -0.2) is 9.48 Å². The first-order valence-corrected chi connectivity index (χ1v) is 9.59. The summed E-state index contributed by atoms with van der Waals surface area (Å²) in [5, 5.41) is 8.23. The highest BCUT2D eigenvalue weighted by Gasteiger charge is 2.20. The van der Waals surface area contributed by atoms with Gasteiger partial charge in [0.15, 0.2) is 6.61 Å². The van der Waals surface area contributed by atoms with Crippen LogP contribution in [-0.2, 0) is 4.79 Å². The van der Waals surface area contributed by atoms with Crippen molar-refractivity contribution in [3.63, 3.8) is 0 Å². The molecule has 146 valence electrons. The van der Waals surface area contributed by atoms with E-state index in [0.29, 0.717) is 22.5 Å². The quantitative estimate of drug-likeness (QED) is 0.651. The lowest BCUT2D eigenvalue weighted by molar-refractivity contribution is -0.118. The van der Waals surface area contributed by atoms with Crippen molar-refractivity contribution in [3.8, 4) is 5.75 Å². The Kier molecular flexibility index (Phi) is 5.09. The Balaban J connectivity index is 1.46. The third-order valence-electron chi connectivity index (χ3n) is 4.97. The summed E-state index contributed by atoms with van der Waals surface area (Å²) in [6.45, 7) is 1.58. The molecule has 1 aromatic carbocycles. The average Bonchev–Trinajstić information content (AvgIpc) is 3.32. The fraction of sp³-hybridized carbons (Fsp3) is 0.350. The zero-order chi connectivity index (χ0) is 19.7. The second-order valence-corrected chi connectivity index (χ2v) is 7.37. The number of hydrogen-bond donors (Lipinski definition) is 1. The molecule has 0 spiro atoms. The highest BCUT2D eigenvalue weighted by molar-refractivity contribution is 6.32. The van der Waals surface area contributed by atoms with Crippen molar-refractivity contribution in [1.29, 1.82) is 0 Å². The molecular weight excluding hydrogens is 382 g/mol. The maximum Gasteiger partial charge on any atom is 0.336 e. The van der Waals surface area contributed by atoms with Crippen LogP contribution < -0.4 is 15.7 Å². The molecule has 0 atom stereocenters. The van der Waals surface area contributed by atoms with Crippen LogP contribution in [0.1, 0.15) is 37.3 Å². The Labute approximate surface area is 166 Å². The van der Waals surface area contributed by atoms with Crippen LogP contribution in [0.25, 0.3) is 11.0 Å². The molecule has 0 saturated heterocycles. The van der Waals surface area contributed by atoms with Gasteiger partial charge in [-0.2, -0.15) is 5.10 Å². The predicted molar refractivity (Wildman–Crippen MR) is 106 cm³/mol. The number of ether oxygens (including phenoxy) is 1. The molecule has 0 unspecified atom stereocenters. The largest absolute Gasteiger partial charge is 0.482 e. The van der Waals surface area contributed by atoms with E-state index < -0.39 is 5.63 Å². The van der Waals surface area contributed by atoms with Crippen LogP contribution in [0.5, 0.6) is 5.75 Å². The number of carbonyl (C=O) groups excluding carboxylic acids is 1. The fourth-order valence-electron chi connectivity index (χ4n) is 3.61. The number of halogens is 1. The van der Waals surface area contributed by atoms with E-state index in [-0.39, 0.29) is 18.3 Å². The molecule has 8 heteroatoms. The summed E-state index contributed by atoms with van der Waals surface area (Å²) in [5.74, 6) is 0.621. The molecule has 0 aliphatic heterocycles. The Morgan fingerprint density at radius 3 is 2.93 bits per heavy atom. The Morgan fingerprint density at radius 2 is 2.14 bits per heavy atom. The van der Waals surface area contributed by atoms with Crippen LogP contribution in [0.4, 0.5) is 5.82 Å². The van der Waals surface area contributed by atoms with Crippen LogP contribution in [0.2, 0.25) is 5.02 Å². The molecule has 2 heterocycles.